The summed E-state index contributed by atoms with van der Waals surface area (Å²) in [6.45, 7) is 3.85. The number of hydrogen-bond acceptors (Lipinski definition) is 4. The summed E-state index contributed by atoms with van der Waals surface area (Å²) in [5.41, 5.74) is 2.65. The third-order valence-electron chi connectivity index (χ3n) is 6.27. The first-order valence-electron chi connectivity index (χ1n) is 11.6. The Kier molecular flexibility index (Phi) is 6.06. The lowest BCUT2D eigenvalue weighted by atomic mass is 9.94. The van der Waals surface area contributed by atoms with Gasteiger partial charge < -0.3 is 14.4 Å². The van der Waals surface area contributed by atoms with Crippen LogP contribution in [0.25, 0.3) is 16.7 Å². The first kappa shape index (κ1) is 23.7. The van der Waals surface area contributed by atoms with Crippen LogP contribution in [-0.4, -0.2) is 27.5 Å². The molecule has 0 radical (unpaired) electrons. The zero-order valence-electron chi connectivity index (χ0n) is 20.1. The Hall–Kier alpha value is -4.03. The van der Waals surface area contributed by atoms with Gasteiger partial charge in [-0.1, -0.05) is 29.8 Å². The van der Waals surface area contributed by atoms with Crippen molar-refractivity contribution in [1.29, 1.82) is 0 Å². The minimum absolute atomic E-state index is 0.000471. The number of carbonyl (C=O) groups excluding carboxylic acids is 2. The summed E-state index contributed by atoms with van der Waals surface area (Å²) in [6.07, 6.45) is 1.90. The number of para-hydroxylation sites is 1. The van der Waals surface area contributed by atoms with Crippen LogP contribution < -0.4 is 9.64 Å². The number of ether oxygens (including phenoxy) is 1. The number of anilines is 1. The number of benzene rings is 3. The molecule has 1 fully saturated rings. The molecule has 5 rings (SSSR count). The van der Waals surface area contributed by atoms with Gasteiger partial charge in [-0.25, -0.2) is 0 Å². The number of nitrogens with zero attached hydrogens (tertiary/aromatic N) is 2. The van der Waals surface area contributed by atoms with Crippen molar-refractivity contribution in [3.05, 3.63) is 101 Å². The highest BCUT2D eigenvalue weighted by Crippen LogP contribution is 2.44. The number of aromatic nitrogens is 1. The summed E-state index contributed by atoms with van der Waals surface area (Å²) in [4.78, 5) is 28.3. The van der Waals surface area contributed by atoms with Gasteiger partial charge >= 0.3 is 0 Å². The molecule has 3 aromatic carbocycles. The van der Waals surface area contributed by atoms with Crippen molar-refractivity contribution in [2.24, 2.45) is 7.05 Å². The molecule has 36 heavy (non-hydrogen) atoms. The van der Waals surface area contributed by atoms with Gasteiger partial charge in [0.2, 0.25) is 0 Å². The monoisotopic (exact) mass is 500 g/mol. The SMILES string of the molecule is CC(C)Oc1ccc(/C(O)=C2\C(=O)C(=O)N(c3ccc(Cl)cc3)C2c2cn(C)c3ccccc23)cc1. The van der Waals surface area contributed by atoms with Crippen LogP contribution in [0.3, 0.4) is 0 Å². The Balaban J connectivity index is 1.72. The van der Waals surface area contributed by atoms with Gasteiger partial charge in [-0.3, -0.25) is 14.5 Å². The van der Waals surface area contributed by atoms with Gasteiger partial charge in [0.25, 0.3) is 11.7 Å². The lowest BCUT2D eigenvalue weighted by Crippen LogP contribution is -2.29. The van der Waals surface area contributed by atoms with E-state index in [1.807, 2.05) is 55.9 Å². The summed E-state index contributed by atoms with van der Waals surface area (Å²) in [5, 5.41) is 12.8. The molecular formula is C29H25ClN2O4. The van der Waals surface area contributed by atoms with Crippen LogP contribution >= 0.6 is 11.6 Å². The standard InChI is InChI=1S/C29H25ClN2O4/c1-17(2)36-21-14-8-18(9-15-21)27(33)25-26(23-16-31(3)24-7-5-4-6-22(23)24)32(29(35)28(25)34)20-12-10-19(30)11-13-20/h4-17,26,33H,1-3H3/b27-25+. The average Bonchev–Trinajstić information content (AvgIpc) is 3.33. The molecule has 1 atom stereocenters. The van der Waals surface area contributed by atoms with Crippen LogP contribution in [0.4, 0.5) is 5.69 Å². The number of carbonyl (C=O) groups is 2. The number of amides is 1. The van der Waals surface area contributed by atoms with Gasteiger partial charge in [-0.05, 0) is 68.4 Å². The van der Waals surface area contributed by atoms with Gasteiger partial charge in [-0.15, -0.1) is 0 Å². The minimum atomic E-state index is -0.830. The average molecular weight is 501 g/mol. The van der Waals surface area contributed by atoms with E-state index in [9.17, 15) is 14.7 Å². The van der Waals surface area contributed by atoms with Crippen LogP contribution in [-0.2, 0) is 16.6 Å². The van der Waals surface area contributed by atoms with Crippen molar-refractivity contribution in [3.63, 3.8) is 0 Å². The number of ketones is 1. The van der Waals surface area contributed by atoms with Crippen LogP contribution in [0.1, 0.15) is 31.0 Å². The number of halogens is 1. The molecule has 182 valence electrons. The van der Waals surface area contributed by atoms with Crippen LogP contribution in [0.5, 0.6) is 5.75 Å². The largest absolute Gasteiger partial charge is 0.507 e. The number of rotatable bonds is 5. The molecule has 1 aliphatic heterocycles. The first-order chi connectivity index (χ1) is 17.3. The molecule has 0 bridgehead atoms. The van der Waals surface area contributed by atoms with E-state index in [0.717, 1.165) is 16.5 Å². The Labute approximate surface area is 214 Å². The van der Waals surface area contributed by atoms with E-state index >= 15 is 0 Å². The summed E-state index contributed by atoms with van der Waals surface area (Å²) in [5.74, 6) is -1.05. The molecule has 1 aromatic heterocycles. The van der Waals surface area contributed by atoms with Gasteiger partial charge in [0.1, 0.15) is 11.5 Å². The van der Waals surface area contributed by atoms with E-state index in [2.05, 4.69) is 0 Å². The van der Waals surface area contributed by atoms with Crippen molar-refractivity contribution in [1.82, 2.24) is 4.57 Å². The van der Waals surface area contributed by atoms with Crippen molar-refractivity contribution in [2.45, 2.75) is 26.0 Å². The highest BCUT2D eigenvalue weighted by Gasteiger charge is 2.47. The van der Waals surface area contributed by atoms with Gasteiger partial charge in [-0.2, -0.15) is 0 Å². The van der Waals surface area contributed by atoms with Crippen molar-refractivity contribution < 1.29 is 19.4 Å². The fourth-order valence-corrected chi connectivity index (χ4v) is 4.83. The quantitative estimate of drug-likeness (QED) is 0.200. The van der Waals surface area contributed by atoms with Crippen molar-refractivity contribution in [3.8, 4) is 5.75 Å². The number of aliphatic hydroxyl groups excluding tert-OH is 1. The lowest BCUT2D eigenvalue weighted by molar-refractivity contribution is -0.132. The van der Waals surface area contributed by atoms with E-state index in [4.69, 9.17) is 16.3 Å². The Bertz CT molecular complexity index is 1500. The van der Waals surface area contributed by atoms with Crippen LogP contribution in [0.2, 0.25) is 5.02 Å². The Morgan fingerprint density at radius 2 is 1.64 bits per heavy atom. The van der Waals surface area contributed by atoms with Gasteiger partial charge in [0.15, 0.2) is 0 Å². The smallest absolute Gasteiger partial charge is 0.300 e. The molecule has 4 aromatic rings. The maximum absolute atomic E-state index is 13.4. The van der Waals surface area contributed by atoms with E-state index in [1.54, 1.807) is 48.5 Å². The van der Waals surface area contributed by atoms with Gasteiger partial charge in [0.05, 0.1) is 17.7 Å². The molecule has 6 nitrogen and oxygen atoms in total. The molecule has 0 spiro atoms. The molecule has 1 unspecified atom stereocenters. The Morgan fingerprint density at radius 3 is 2.31 bits per heavy atom. The number of aryl methyl sites for hydroxylation is 1. The molecule has 1 saturated heterocycles. The third-order valence-corrected chi connectivity index (χ3v) is 6.52. The van der Waals surface area contributed by atoms with Crippen molar-refractivity contribution in [2.75, 3.05) is 4.90 Å². The fourth-order valence-electron chi connectivity index (χ4n) is 4.70. The minimum Gasteiger partial charge on any atom is -0.507 e. The number of aliphatic hydroxyl groups is 1. The maximum Gasteiger partial charge on any atom is 0.300 e. The van der Waals surface area contributed by atoms with E-state index < -0.39 is 17.7 Å². The molecule has 1 aliphatic rings. The Morgan fingerprint density at radius 1 is 0.972 bits per heavy atom. The number of fused-ring (bicyclic) bond motifs is 1. The zero-order chi connectivity index (χ0) is 25.6. The third kappa shape index (κ3) is 4.03. The molecular weight excluding hydrogens is 476 g/mol. The highest BCUT2D eigenvalue weighted by molar-refractivity contribution is 6.52. The molecule has 0 saturated carbocycles. The molecule has 1 amide bonds. The van der Waals surface area contributed by atoms with Gasteiger partial charge in [0, 0.05) is 46.0 Å². The second kappa shape index (κ2) is 9.21. The molecule has 7 heteroatoms. The van der Waals surface area contributed by atoms with E-state index in [-0.39, 0.29) is 17.4 Å². The van der Waals surface area contributed by atoms with E-state index in [0.29, 0.717) is 22.0 Å². The topological polar surface area (TPSA) is 71.8 Å². The van der Waals surface area contributed by atoms with Crippen LogP contribution in [0.15, 0.2) is 84.6 Å². The van der Waals surface area contributed by atoms with Crippen molar-refractivity contribution >= 4 is 45.6 Å². The fraction of sp³-hybridized carbons (Fsp3) is 0.172. The summed E-state index contributed by atoms with van der Waals surface area (Å²) < 4.78 is 7.65. The van der Waals surface area contributed by atoms with E-state index in [1.165, 1.54) is 4.90 Å². The summed E-state index contributed by atoms with van der Waals surface area (Å²) in [6, 6.07) is 20.5. The summed E-state index contributed by atoms with van der Waals surface area (Å²) >= 11 is 6.09. The zero-order valence-corrected chi connectivity index (χ0v) is 20.9. The molecule has 0 aliphatic carbocycles. The molecule has 2 heterocycles. The van der Waals surface area contributed by atoms with Crippen LogP contribution in [0, 0.1) is 0 Å². The molecule has 1 N–H and O–H groups in total. The highest BCUT2D eigenvalue weighted by atomic mass is 35.5. The second-order valence-electron chi connectivity index (χ2n) is 9.05. The second-order valence-corrected chi connectivity index (χ2v) is 9.49. The number of Topliss-reactive ketones (excluding diaryl/α,β-unsaturated/α-hetero) is 1. The maximum atomic E-state index is 13.4. The number of hydrogen-bond donors (Lipinski definition) is 1. The lowest BCUT2D eigenvalue weighted by Gasteiger charge is -2.25. The summed E-state index contributed by atoms with van der Waals surface area (Å²) in [7, 11) is 1.91. The normalized spacial score (nSPS) is 17.4. The predicted molar refractivity (Wildman–Crippen MR) is 141 cm³/mol. The predicted octanol–water partition coefficient (Wildman–Crippen LogP) is 6.25. The first-order valence-corrected chi connectivity index (χ1v) is 12.0.